The number of carbonyl (C=O) groups is 3. The number of aliphatic carboxylic acids is 1. The van der Waals surface area contributed by atoms with Crippen LogP contribution < -0.4 is 10.6 Å². The molecular formula is C15H19ClN4O6. The summed E-state index contributed by atoms with van der Waals surface area (Å²) in [7, 11) is 0. The molecule has 0 aliphatic carbocycles. The van der Waals surface area contributed by atoms with Gasteiger partial charge >= 0.3 is 5.97 Å². The van der Waals surface area contributed by atoms with Crippen LogP contribution in [0.4, 0.5) is 11.4 Å². The minimum atomic E-state index is -1.14. The van der Waals surface area contributed by atoms with E-state index in [4.69, 9.17) is 16.7 Å². The molecule has 0 radical (unpaired) electrons. The predicted octanol–water partition coefficient (Wildman–Crippen LogP) is 1.10. The Morgan fingerprint density at radius 3 is 2.58 bits per heavy atom. The molecule has 0 heterocycles. The van der Waals surface area contributed by atoms with Crippen LogP contribution in [0.15, 0.2) is 18.2 Å². The van der Waals surface area contributed by atoms with Crippen molar-refractivity contribution in [2.45, 2.75) is 19.9 Å². The first-order valence-corrected chi connectivity index (χ1v) is 7.94. The highest BCUT2D eigenvalue weighted by Gasteiger charge is 2.24. The lowest BCUT2D eigenvalue weighted by Crippen LogP contribution is -2.46. The maximum Gasteiger partial charge on any atom is 0.320 e. The number of nitrogens with one attached hydrogen (secondary N) is 2. The van der Waals surface area contributed by atoms with Gasteiger partial charge in [-0.05, 0) is 19.1 Å². The van der Waals surface area contributed by atoms with Crippen molar-refractivity contribution in [1.82, 2.24) is 10.2 Å². The lowest BCUT2D eigenvalue weighted by molar-refractivity contribution is -0.383. The predicted molar refractivity (Wildman–Crippen MR) is 94.1 cm³/mol. The van der Waals surface area contributed by atoms with Crippen molar-refractivity contribution in [1.29, 1.82) is 0 Å². The number of nitro groups is 1. The Morgan fingerprint density at radius 2 is 2.04 bits per heavy atom. The summed E-state index contributed by atoms with van der Waals surface area (Å²) >= 11 is 5.72. The van der Waals surface area contributed by atoms with Gasteiger partial charge in [-0.3, -0.25) is 29.4 Å². The molecule has 0 fully saturated rings. The number of carboxylic acid groups (broad SMARTS) is 1. The van der Waals surface area contributed by atoms with Crippen LogP contribution in [0.2, 0.25) is 5.02 Å². The molecule has 3 N–H and O–H groups in total. The average Bonchev–Trinajstić information content (AvgIpc) is 2.54. The van der Waals surface area contributed by atoms with E-state index in [9.17, 15) is 24.5 Å². The summed E-state index contributed by atoms with van der Waals surface area (Å²) in [5, 5.41) is 25.2. The van der Waals surface area contributed by atoms with Crippen molar-refractivity contribution in [2.24, 2.45) is 0 Å². The van der Waals surface area contributed by atoms with E-state index in [0.29, 0.717) is 0 Å². The lowest BCUT2D eigenvalue weighted by atomic mass is 10.2. The van der Waals surface area contributed by atoms with E-state index in [2.05, 4.69) is 10.6 Å². The molecule has 0 bridgehead atoms. The molecule has 26 heavy (non-hydrogen) atoms. The van der Waals surface area contributed by atoms with Crippen LogP contribution in [0.5, 0.6) is 0 Å². The van der Waals surface area contributed by atoms with Gasteiger partial charge in [0.25, 0.3) is 5.69 Å². The first-order chi connectivity index (χ1) is 12.1. The Bertz CT molecular complexity index is 711. The van der Waals surface area contributed by atoms with Crippen LogP contribution in [-0.4, -0.2) is 58.4 Å². The molecule has 1 rings (SSSR count). The highest BCUT2D eigenvalue weighted by Crippen LogP contribution is 2.27. The molecule has 0 aliphatic rings. The van der Waals surface area contributed by atoms with Gasteiger partial charge in [-0.15, -0.1) is 0 Å². The molecule has 10 nitrogen and oxygen atoms in total. The molecule has 11 heteroatoms. The van der Waals surface area contributed by atoms with Crippen LogP contribution in [0, 0.1) is 10.1 Å². The van der Waals surface area contributed by atoms with Crippen molar-refractivity contribution in [3.8, 4) is 0 Å². The molecule has 142 valence electrons. The summed E-state index contributed by atoms with van der Waals surface area (Å²) in [5.41, 5.74) is -0.420. The minimum absolute atomic E-state index is 0.0470. The van der Waals surface area contributed by atoms with Crippen molar-refractivity contribution in [3.05, 3.63) is 33.3 Å². The Kier molecular flexibility index (Phi) is 7.94. The standard InChI is InChI=1S/C15H19ClN4O6/c1-9(15(23)24)19(6-5-17-10(2)21)8-14(22)18-12-4-3-11(16)7-13(12)20(25)26/h3-4,7,9H,5-6,8H2,1-2H3,(H,17,21)(H,18,22)(H,23,24). The van der Waals surface area contributed by atoms with E-state index in [1.54, 1.807) is 0 Å². The third kappa shape index (κ3) is 6.65. The zero-order valence-corrected chi connectivity index (χ0v) is 14.9. The minimum Gasteiger partial charge on any atom is -0.480 e. The number of anilines is 1. The molecule has 1 aromatic carbocycles. The van der Waals surface area contributed by atoms with Gasteiger partial charge in [-0.25, -0.2) is 0 Å². The molecule has 0 saturated carbocycles. The molecule has 0 aliphatic heterocycles. The number of nitro benzene ring substituents is 1. The summed E-state index contributed by atoms with van der Waals surface area (Å²) in [6.45, 7) is 2.66. The molecule has 1 atom stereocenters. The lowest BCUT2D eigenvalue weighted by Gasteiger charge is -2.25. The third-order valence-electron chi connectivity index (χ3n) is 3.46. The summed E-state index contributed by atoms with van der Waals surface area (Å²) in [4.78, 5) is 46.0. The van der Waals surface area contributed by atoms with Gasteiger partial charge in [0.2, 0.25) is 11.8 Å². The van der Waals surface area contributed by atoms with Crippen molar-refractivity contribution < 1.29 is 24.4 Å². The highest BCUT2D eigenvalue weighted by atomic mass is 35.5. The van der Waals surface area contributed by atoms with Crippen molar-refractivity contribution >= 4 is 40.8 Å². The number of benzene rings is 1. The second-order valence-corrected chi connectivity index (χ2v) is 5.87. The second-order valence-electron chi connectivity index (χ2n) is 5.43. The number of hydrogen-bond acceptors (Lipinski definition) is 6. The number of carbonyl (C=O) groups excluding carboxylic acids is 2. The van der Waals surface area contributed by atoms with Crippen LogP contribution in [0.3, 0.4) is 0 Å². The number of amides is 2. The van der Waals surface area contributed by atoms with Gasteiger partial charge in [-0.1, -0.05) is 11.6 Å². The smallest absolute Gasteiger partial charge is 0.320 e. The first kappa shape index (κ1) is 21.3. The number of carboxylic acids is 1. The van der Waals surface area contributed by atoms with Crippen LogP contribution in [-0.2, 0) is 14.4 Å². The normalized spacial score (nSPS) is 11.7. The van der Waals surface area contributed by atoms with Crippen LogP contribution in [0.1, 0.15) is 13.8 Å². The van der Waals surface area contributed by atoms with Crippen molar-refractivity contribution in [2.75, 3.05) is 25.0 Å². The Morgan fingerprint density at radius 1 is 1.38 bits per heavy atom. The summed E-state index contributed by atoms with van der Waals surface area (Å²) in [6.07, 6.45) is 0. The molecule has 0 aromatic heterocycles. The zero-order chi connectivity index (χ0) is 19.9. The Labute approximate surface area is 154 Å². The average molecular weight is 387 g/mol. The maximum absolute atomic E-state index is 12.2. The summed E-state index contributed by atoms with van der Waals surface area (Å²) < 4.78 is 0. The van der Waals surface area contributed by atoms with E-state index in [1.807, 2.05) is 0 Å². The van der Waals surface area contributed by atoms with E-state index in [1.165, 1.54) is 30.9 Å². The van der Waals surface area contributed by atoms with E-state index in [0.717, 1.165) is 6.07 Å². The van der Waals surface area contributed by atoms with E-state index in [-0.39, 0.29) is 41.9 Å². The fourth-order valence-corrected chi connectivity index (χ4v) is 2.24. The zero-order valence-electron chi connectivity index (χ0n) is 14.2. The van der Waals surface area contributed by atoms with E-state index >= 15 is 0 Å². The van der Waals surface area contributed by atoms with Gasteiger partial charge < -0.3 is 15.7 Å². The monoisotopic (exact) mass is 386 g/mol. The topological polar surface area (TPSA) is 142 Å². The van der Waals surface area contributed by atoms with E-state index < -0.39 is 22.8 Å². The molecule has 0 spiro atoms. The number of hydrogen-bond donors (Lipinski definition) is 3. The van der Waals surface area contributed by atoms with Gasteiger partial charge in [0.05, 0.1) is 11.5 Å². The largest absolute Gasteiger partial charge is 0.480 e. The quantitative estimate of drug-likeness (QED) is 0.426. The number of rotatable bonds is 9. The highest BCUT2D eigenvalue weighted by molar-refractivity contribution is 6.31. The number of nitrogens with zero attached hydrogens (tertiary/aromatic N) is 2. The molecule has 0 saturated heterocycles. The van der Waals surface area contributed by atoms with Gasteiger partial charge in [0.1, 0.15) is 11.7 Å². The fourth-order valence-electron chi connectivity index (χ4n) is 2.08. The molecule has 1 aromatic rings. The summed E-state index contributed by atoms with van der Waals surface area (Å²) in [5.74, 6) is -2.06. The third-order valence-corrected chi connectivity index (χ3v) is 3.69. The maximum atomic E-state index is 12.2. The second kappa shape index (κ2) is 9.68. The van der Waals surface area contributed by atoms with Crippen molar-refractivity contribution in [3.63, 3.8) is 0 Å². The Hall–Kier alpha value is -2.72. The van der Waals surface area contributed by atoms with Crippen LogP contribution in [0.25, 0.3) is 0 Å². The first-order valence-electron chi connectivity index (χ1n) is 7.57. The molecule has 2 amide bonds. The van der Waals surface area contributed by atoms with Gasteiger partial charge in [-0.2, -0.15) is 0 Å². The van der Waals surface area contributed by atoms with Gasteiger partial charge in [0.15, 0.2) is 0 Å². The van der Waals surface area contributed by atoms with Crippen LogP contribution >= 0.6 is 11.6 Å². The van der Waals surface area contributed by atoms with Gasteiger partial charge in [0, 0.05) is 31.1 Å². The SMILES string of the molecule is CC(=O)NCCN(CC(=O)Nc1ccc(Cl)cc1[N+](=O)[O-])C(C)C(=O)O. The Balaban J connectivity index is 2.84. The fraction of sp³-hybridized carbons (Fsp3) is 0.400. The molecule has 1 unspecified atom stereocenters. The summed E-state index contributed by atoms with van der Waals surface area (Å²) in [6, 6.07) is 2.79. The molecular weight excluding hydrogens is 368 g/mol. The number of halogens is 1.